The minimum absolute atomic E-state index is 0.00528. The zero-order chi connectivity index (χ0) is 29.6. The fraction of sp³-hybridized carbons (Fsp3) is 0.286. The summed E-state index contributed by atoms with van der Waals surface area (Å²) in [5.74, 6) is 1.15. The average Bonchev–Trinajstić information content (AvgIpc) is 3.52. The van der Waals surface area contributed by atoms with E-state index in [4.69, 9.17) is 10.1 Å². The number of hydrogen-bond acceptors (Lipinski definition) is 5. The van der Waals surface area contributed by atoms with Gasteiger partial charge in [-0.25, -0.2) is 9.94 Å². The molecular weight excluding hydrogens is 536 g/mol. The molecule has 1 fully saturated rings. The second kappa shape index (κ2) is 10.8. The van der Waals surface area contributed by atoms with E-state index in [2.05, 4.69) is 72.0 Å². The number of fused-ring (bicyclic) bond motifs is 1. The van der Waals surface area contributed by atoms with Crippen molar-refractivity contribution in [2.75, 3.05) is 0 Å². The largest absolute Gasteiger partial charge is 0.276 e. The number of carbonyl (C=O) groups excluding carboxylic acids is 1. The van der Waals surface area contributed by atoms with E-state index in [0.29, 0.717) is 36.7 Å². The van der Waals surface area contributed by atoms with Gasteiger partial charge in [0.15, 0.2) is 0 Å². The van der Waals surface area contributed by atoms with Gasteiger partial charge in [-0.3, -0.25) is 14.2 Å². The monoisotopic (exact) mass is 570 g/mol. The molecule has 0 unspecified atom stereocenters. The number of amides is 1. The van der Waals surface area contributed by atoms with E-state index in [9.17, 15) is 9.59 Å². The van der Waals surface area contributed by atoms with Crippen LogP contribution in [0, 0.1) is 6.92 Å². The first-order chi connectivity index (χ1) is 21.0. The van der Waals surface area contributed by atoms with Crippen LogP contribution in [-0.2, 0) is 29.6 Å². The summed E-state index contributed by atoms with van der Waals surface area (Å²) in [5.41, 5.74) is 10.1. The van der Waals surface area contributed by atoms with Gasteiger partial charge >= 0.3 is 0 Å². The third-order valence-electron chi connectivity index (χ3n) is 8.74. The summed E-state index contributed by atoms with van der Waals surface area (Å²) in [5, 5.41) is 9.13. The molecule has 1 aliphatic heterocycles. The molecule has 8 nitrogen and oxygen atoms in total. The Balaban J connectivity index is 1.36. The molecule has 1 saturated carbocycles. The maximum atomic E-state index is 14.5. The summed E-state index contributed by atoms with van der Waals surface area (Å²) < 4.78 is 3.76. The summed E-state index contributed by atoms with van der Waals surface area (Å²) in [6.45, 7) is 4.57. The highest BCUT2D eigenvalue weighted by molar-refractivity contribution is 6.16. The first kappa shape index (κ1) is 27.0. The fourth-order valence-electron chi connectivity index (χ4n) is 6.39. The lowest BCUT2D eigenvalue weighted by Crippen LogP contribution is -2.33. The Kier molecular flexibility index (Phi) is 6.76. The van der Waals surface area contributed by atoms with Crippen LogP contribution in [0.5, 0.6) is 0 Å². The van der Waals surface area contributed by atoms with Crippen molar-refractivity contribution < 1.29 is 4.79 Å². The lowest BCUT2D eigenvalue weighted by atomic mass is 9.91. The summed E-state index contributed by atoms with van der Waals surface area (Å²) in [4.78, 5) is 31.4. The van der Waals surface area contributed by atoms with Gasteiger partial charge in [-0.15, -0.1) is 0 Å². The smallest absolute Gasteiger partial charge is 0.258 e. The van der Waals surface area contributed by atoms with E-state index in [0.717, 1.165) is 52.8 Å². The minimum atomic E-state index is -0.119. The number of nitrogens with one attached hydrogen (secondary N) is 1. The van der Waals surface area contributed by atoms with Crippen molar-refractivity contribution in [1.29, 1.82) is 0 Å². The molecule has 5 aromatic rings. The maximum Gasteiger partial charge on any atom is 0.258 e. The fourth-order valence-corrected chi connectivity index (χ4v) is 6.39. The van der Waals surface area contributed by atoms with Crippen LogP contribution in [-0.4, -0.2) is 30.8 Å². The first-order valence-corrected chi connectivity index (χ1v) is 15.0. The highest BCUT2D eigenvalue weighted by atomic mass is 16.2. The summed E-state index contributed by atoms with van der Waals surface area (Å²) >= 11 is 0. The zero-order valence-corrected chi connectivity index (χ0v) is 24.5. The Morgan fingerprint density at radius 3 is 2.35 bits per heavy atom. The predicted octanol–water partition coefficient (Wildman–Crippen LogP) is 5.37. The lowest BCUT2D eigenvalue weighted by Gasteiger charge is -2.21. The second-order valence-electron chi connectivity index (χ2n) is 11.8. The molecule has 0 bridgehead atoms. The van der Waals surface area contributed by atoms with Gasteiger partial charge in [-0.1, -0.05) is 86.1 Å². The third kappa shape index (κ3) is 4.96. The summed E-state index contributed by atoms with van der Waals surface area (Å²) in [6.07, 6.45) is 4.33. The molecule has 2 aromatic heterocycles. The lowest BCUT2D eigenvalue weighted by molar-refractivity contribution is -0.119. The van der Waals surface area contributed by atoms with Crippen LogP contribution in [0.4, 0.5) is 0 Å². The number of rotatable bonds is 9. The Bertz CT molecular complexity index is 1930. The first-order valence-electron chi connectivity index (χ1n) is 15.0. The van der Waals surface area contributed by atoms with Crippen molar-refractivity contribution in [1.82, 2.24) is 24.6 Å². The standard InChI is InChI=1S/C35H34N6O2/c1-3-10-31-29(20-24-15-16-27(25-11-6-4-7-12-25)28(19-24)30-21-32(42)38-37-30)33(43)40(34-36-23(2)39-41(31)34)22-35(17-18-35)26-13-8-5-9-14-26/h4-9,11-16,19H,3,10,17-18,20-22H2,1-2H3,(H,38,42). The molecule has 1 aliphatic carbocycles. The number of hydrazone groups is 1. The second-order valence-corrected chi connectivity index (χ2v) is 11.8. The highest BCUT2D eigenvalue weighted by Gasteiger charge is 2.45. The Morgan fingerprint density at radius 2 is 1.67 bits per heavy atom. The molecule has 3 heterocycles. The van der Waals surface area contributed by atoms with Crippen molar-refractivity contribution in [3.63, 3.8) is 0 Å². The van der Waals surface area contributed by atoms with E-state index in [1.54, 1.807) is 0 Å². The number of carbonyl (C=O) groups is 1. The van der Waals surface area contributed by atoms with Crippen molar-refractivity contribution in [2.45, 2.75) is 64.3 Å². The molecule has 8 heteroatoms. The number of nitrogens with zero attached hydrogens (tertiary/aromatic N) is 5. The molecule has 0 radical (unpaired) electrons. The molecule has 1 N–H and O–H groups in total. The van der Waals surface area contributed by atoms with Crippen LogP contribution in [0.3, 0.4) is 0 Å². The van der Waals surface area contributed by atoms with Crippen molar-refractivity contribution in [2.24, 2.45) is 5.10 Å². The van der Waals surface area contributed by atoms with Gasteiger partial charge in [-0.05, 0) is 54.5 Å². The van der Waals surface area contributed by atoms with Crippen LogP contribution in [0.15, 0.2) is 88.8 Å². The third-order valence-corrected chi connectivity index (χ3v) is 8.74. The van der Waals surface area contributed by atoms with Gasteiger partial charge in [0, 0.05) is 29.5 Å². The van der Waals surface area contributed by atoms with E-state index >= 15 is 0 Å². The molecular formula is C35H34N6O2. The molecule has 0 spiro atoms. The van der Waals surface area contributed by atoms with Crippen LogP contribution in [0.25, 0.3) is 16.9 Å². The molecule has 43 heavy (non-hydrogen) atoms. The van der Waals surface area contributed by atoms with Gasteiger partial charge < -0.3 is 0 Å². The molecule has 7 rings (SSSR count). The highest BCUT2D eigenvalue weighted by Crippen LogP contribution is 2.49. The van der Waals surface area contributed by atoms with Crippen molar-refractivity contribution in [3.8, 4) is 11.1 Å². The zero-order valence-electron chi connectivity index (χ0n) is 24.5. The molecule has 2 aliphatic rings. The SMILES string of the molecule is CCCc1c(Cc2ccc(-c3ccccc3)c(C3=NNC(=O)C3)c2)c(=O)n(CC2(c3ccccc3)CC2)c2nc(C)nn12. The van der Waals surface area contributed by atoms with Gasteiger partial charge in [0.1, 0.15) is 5.82 Å². The summed E-state index contributed by atoms with van der Waals surface area (Å²) in [7, 11) is 0. The number of aromatic nitrogens is 4. The number of benzene rings is 3. The van der Waals surface area contributed by atoms with Crippen LogP contribution in [0.1, 0.15) is 66.4 Å². The quantitative estimate of drug-likeness (QED) is 0.258. The van der Waals surface area contributed by atoms with Crippen molar-refractivity contribution >= 4 is 17.4 Å². The Labute approximate surface area is 250 Å². The molecule has 1 amide bonds. The molecule has 0 atom stereocenters. The van der Waals surface area contributed by atoms with Gasteiger partial charge in [-0.2, -0.15) is 15.2 Å². The Morgan fingerprint density at radius 1 is 0.930 bits per heavy atom. The summed E-state index contributed by atoms with van der Waals surface area (Å²) in [6, 6.07) is 26.9. The molecule has 0 saturated heterocycles. The van der Waals surface area contributed by atoms with Crippen LogP contribution in [0.2, 0.25) is 0 Å². The topological polar surface area (TPSA) is 93.6 Å². The van der Waals surface area contributed by atoms with E-state index < -0.39 is 0 Å². The van der Waals surface area contributed by atoms with Gasteiger partial charge in [0.25, 0.3) is 5.56 Å². The van der Waals surface area contributed by atoms with E-state index in [-0.39, 0.29) is 23.3 Å². The molecule has 3 aromatic carbocycles. The Hall–Kier alpha value is -4.85. The van der Waals surface area contributed by atoms with Gasteiger partial charge in [0.2, 0.25) is 11.7 Å². The minimum Gasteiger partial charge on any atom is -0.276 e. The van der Waals surface area contributed by atoms with E-state index in [1.807, 2.05) is 40.3 Å². The predicted molar refractivity (Wildman–Crippen MR) is 167 cm³/mol. The maximum absolute atomic E-state index is 14.5. The normalized spacial score (nSPS) is 15.5. The molecule has 216 valence electrons. The number of hydrogen-bond donors (Lipinski definition) is 1. The average molecular weight is 571 g/mol. The number of aryl methyl sites for hydroxylation is 2. The van der Waals surface area contributed by atoms with E-state index in [1.165, 1.54) is 5.56 Å². The van der Waals surface area contributed by atoms with Crippen LogP contribution >= 0.6 is 0 Å². The van der Waals surface area contributed by atoms with Gasteiger partial charge in [0.05, 0.1) is 17.8 Å². The van der Waals surface area contributed by atoms with Crippen LogP contribution < -0.4 is 11.0 Å². The van der Waals surface area contributed by atoms with Crippen molar-refractivity contribution in [3.05, 3.63) is 123 Å².